The fraction of sp³-hybridized carbons (Fsp3) is 0.500. The molecule has 17 heavy (non-hydrogen) atoms. The third kappa shape index (κ3) is 4.19. The molecule has 0 saturated heterocycles. The van der Waals surface area contributed by atoms with Gasteiger partial charge in [-0.25, -0.2) is 0 Å². The van der Waals surface area contributed by atoms with Crippen molar-refractivity contribution in [1.29, 1.82) is 0 Å². The van der Waals surface area contributed by atoms with Crippen LogP contribution < -0.4 is 5.32 Å². The third-order valence-corrected chi connectivity index (χ3v) is 3.06. The van der Waals surface area contributed by atoms with Gasteiger partial charge in [-0.05, 0) is 18.4 Å². The minimum Gasteiger partial charge on any atom is -0.355 e. The number of nitrogens with zero attached hydrogens (tertiary/aromatic N) is 1. The van der Waals surface area contributed by atoms with Gasteiger partial charge in [0.1, 0.15) is 0 Å². The Kier molecular flexibility index (Phi) is 4.15. The molecule has 0 aromatic heterocycles. The molecule has 0 spiro atoms. The lowest BCUT2D eigenvalue weighted by molar-refractivity contribution is -0.119. The lowest BCUT2D eigenvalue weighted by Crippen LogP contribution is -2.35. The average molecular weight is 232 g/mol. The molecule has 0 atom stereocenters. The molecule has 0 bridgehead atoms. The van der Waals surface area contributed by atoms with Crippen molar-refractivity contribution in [2.45, 2.75) is 32.4 Å². The van der Waals surface area contributed by atoms with Gasteiger partial charge in [-0.15, -0.1) is 0 Å². The summed E-state index contributed by atoms with van der Waals surface area (Å²) in [7, 11) is 0. The van der Waals surface area contributed by atoms with E-state index in [4.69, 9.17) is 0 Å². The van der Waals surface area contributed by atoms with Crippen molar-refractivity contribution in [2.75, 3.05) is 13.1 Å². The summed E-state index contributed by atoms with van der Waals surface area (Å²) < 4.78 is 0. The fourth-order valence-electron chi connectivity index (χ4n) is 2.02. The standard InChI is InChI=1S/C14H20N2O/c1-12(17)15-9-10-16(14-7-8-14)11-13-5-3-2-4-6-13/h2-6,14H,7-11H2,1H3,(H,15,17). The topological polar surface area (TPSA) is 32.3 Å². The molecule has 0 aliphatic heterocycles. The summed E-state index contributed by atoms with van der Waals surface area (Å²) in [5.41, 5.74) is 1.35. The van der Waals surface area contributed by atoms with Crippen LogP contribution in [0, 0.1) is 0 Å². The minimum atomic E-state index is 0.0560. The van der Waals surface area contributed by atoms with Crippen LogP contribution in [0.25, 0.3) is 0 Å². The van der Waals surface area contributed by atoms with Gasteiger partial charge in [-0.2, -0.15) is 0 Å². The quantitative estimate of drug-likeness (QED) is 0.811. The number of rotatable bonds is 6. The van der Waals surface area contributed by atoms with Crippen LogP contribution in [-0.4, -0.2) is 29.9 Å². The van der Waals surface area contributed by atoms with Gasteiger partial charge in [0, 0.05) is 32.6 Å². The molecule has 3 heteroatoms. The van der Waals surface area contributed by atoms with E-state index in [0.717, 1.165) is 25.7 Å². The van der Waals surface area contributed by atoms with E-state index in [-0.39, 0.29) is 5.91 Å². The van der Waals surface area contributed by atoms with Crippen molar-refractivity contribution >= 4 is 5.91 Å². The Morgan fingerprint density at radius 3 is 2.65 bits per heavy atom. The van der Waals surface area contributed by atoms with Gasteiger partial charge in [0.25, 0.3) is 0 Å². The lowest BCUT2D eigenvalue weighted by atomic mass is 10.2. The van der Waals surface area contributed by atoms with Crippen molar-refractivity contribution < 1.29 is 4.79 Å². The summed E-state index contributed by atoms with van der Waals surface area (Å²) in [6, 6.07) is 11.2. The number of hydrogen-bond acceptors (Lipinski definition) is 2. The van der Waals surface area contributed by atoms with Gasteiger partial charge in [0.2, 0.25) is 5.91 Å². The molecule has 1 N–H and O–H groups in total. The minimum absolute atomic E-state index is 0.0560. The molecule has 0 radical (unpaired) electrons. The van der Waals surface area contributed by atoms with E-state index in [9.17, 15) is 4.79 Å². The van der Waals surface area contributed by atoms with Crippen LogP contribution in [0.4, 0.5) is 0 Å². The van der Waals surface area contributed by atoms with Crippen LogP contribution in [0.3, 0.4) is 0 Å². The maximum absolute atomic E-state index is 10.8. The van der Waals surface area contributed by atoms with Crippen LogP contribution in [0.2, 0.25) is 0 Å². The van der Waals surface area contributed by atoms with Crippen molar-refractivity contribution in [3.8, 4) is 0 Å². The largest absolute Gasteiger partial charge is 0.355 e. The smallest absolute Gasteiger partial charge is 0.216 e. The first-order valence-electron chi connectivity index (χ1n) is 6.28. The van der Waals surface area contributed by atoms with E-state index in [2.05, 4.69) is 34.5 Å². The van der Waals surface area contributed by atoms with Crippen LogP contribution >= 0.6 is 0 Å². The Hall–Kier alpha value is -1.35. The van der Waals surface area contributed by atoms with Crippen LogP contribution in [0.1, 0.15) is 25.3 Å². The van der Waals surface area contributed by atoms with Gasteiger partial charge in [0.15, 0.2) is 0 Å². The molecular weight excluding hydrogens is 212 g/mol. The second-order valence-electron chi connectivity index (χ2n) is 4.67. The average Bonchev–Trinajstić information content (AvgIpc) is 3.12. The number of carbonyl (C=O) groups excluding carboxylic acids is 1. The lowest BCUT2D eigenvalue weighted by Gasteiger charge is -2.22. The summed E-state index contributed by atoms with van der Waals surface area (Å²) in [6.45, 7) is 4.25. The first kappa shape index (κ1) is 12.1. The zero-order valence-corrected chi connectivity index (χ0v) is 10.4. The second-order valence-corrected chi connectivity index (χ2v) is 4.67. The second kappa shape index (κ2) is 5.82. The van der Waals surface area contributed by atoms with Gasteiger partial charge < -0.3 is 5.32 Å². The van der Waals surface area contributed by atoms with Gasteiger partial charge in [-0.3, -0.25) is 9.69 Å². The summed E-state index contributed by atoms with van der Waals surface area (Å²) in [5, 5.41) is 2.86. The number of carbonyl (C=O) groups is 1. The van der Waals surface area contributed by atoms with Crippen LogP contribution in [-0.2, 0) is 11.3 Å². The Morgan fingerprint density at radius 1 is 1.35 bits per heavy atom. The van der Waals surface area contributed by atoms with E-state index >= 15 is 0 Å². The number of amides is 1. The molecule has 1 saturated carbocycles. The third-order valence-electron chi connectivity index (χ3n) is 3.06. The van der Waals surface area contributed by atoms with E-state index < -0.39 is 0 Å². The molecule has 1 aromatic rings. The Bertz CT molecular complexity index is 360. The summed E-state index contributed by atoms with van der Waals surface area (Å²) in [6.07, 6.45) is 2.60. The Balaban J connectivity index is 1.83. The molecule has 1 aromatic carbocycles. The molecule has 1 aliphatic carbocycles. The zero-order chi connectivity index (χ0) is 12.1. The van der Waals surface area contributed by atoms with Gasteiger partial charge >= 0.3 is 0 Å². The summed E-state index contributed by atoms with van der Waals surface area (Å²) in [4.78, 5) is 13.3. The summed E-state index contributed by atoms with van der Waals surface area (Å²) >= 11 is 0. The fourth-order valence-corrected chi connectivity index (χ4v) is 2.02. The predicted octanol–water partition coefficient (Wildman–Crippen LogP) is 1.79. The van der Waals surface area contributed by atoms with Crippen LogP contribution in [0.15, 0.2) is 30.3 Å². The molecule has 0 unspecified atom stereocenters. The molecule has 92 valence electrons. The van der Waals surface area contributed by atoms with E-state index in [1.807, 2.05) is 6.07 Å². The number of benzene rings is 1. The van der Waals surface area contributed by atoms with E-state index in [1.165, 1.54) is 18.4 Å². The van der Waals surface area contributed by atoms with E-state index in [1.54, 1.807) is 6.92 Å². The molecule has 0 heterocycles. The highest BCUT2D eigenvalue weighted by Gasteiger charge is 2.28. The monoisotopic (exact) mass is 232 g/mol. The SMILES string of the molecule is CC(=O)NCCN(Cc1ccccc1)C1CC1. The molecular formula is C14H20N2O. The van der Waals surface area contributed by atoms with Crippen LogP contribution in [0.5, 0.6) is 0 Å². The highest BCUT2D eigenvalue weighted by atomic mass is 16.1. The number of hydrogen-bond donors (Lipinski definition) is 1. The maximum Gasteiger partial charge on any atom is 0.216 e. The first-order valence-corrected chi connectivity index (χ1v) is 6.28. The van der Waals surface area contributed by atoms with Crippen molar-refractivity contribution in [3.05, 3.63) is 35.9 Å². The predicted molar refractivity (Wildman–Crippen MR) is 68.6 cm³/mol. The van der Waals surface area contributed by atoms with Crippen molar-refractivity contribution in [3.63, 3.8) is 0 Å². The van der Waals surface area contributed by atoms with E-state index in [0.29, 0.717) is 0 Å². The molecule has 1 aliphatic rings. The highest BCUT2D eigenvalue weighted by Crippen LogP contribution is 2.27. The maximum atomic E-state index is 10.8. The Morgan fingerprint density at radius 2 is 2.06 bits per heavy atom. The molecule has 1 fully saturated rings. The molecule has 3 nitrogen and oxygen atoms in total. The molecule has 1 amide bonds. The summed E-state index contributed by atoms with van der Waals surface area (Å²) in [5.74, 6) is 0.0560. The highest BCUT2D eigenvalue weighted by molar-refractivity contribution is 5.72. The van der Waals surface area contributed by atoms with Crippen molar-refractivity contribution in [2.24, 2.45) is 0 Å². The van der Waals surface area contributed by atoms with Crippen molar-refractivity contribution in [1.82, 2.24) is 10.2 Å². The van der Waals surface area contributed by atoms with Gasteiger partial charge in [-0.1, -0.05) is 30.3 Å². The first-order chi connectivity index (χ1) is 8.25. The number of nitrogens with one attached hydrogen (secondary N) is 1. The van der Waals surface area contributed by atoms with Gasteiger partial charge in [0.05, 0.1) is 0 Å². The molecule has 2 rings (SSSR count). The zero-order valence-electron chi connectivity index (χ0n) is 10.4. The Labute approximate surface area is 103 Å². The normalized spacial score (nSPS) is 14.9.